The lowest BCUT2D eigenvalue weighted by atomic mass is 9.65. The van der Waals surface area contributed by atoms with Gasteiger partial charge >= 0.3 is 6.18 Å². The van der Waals surface area contributed by atoms with Crippen molar-refractivity contribution in [2.24, 2.45) is 5.41 Å². The second-order valence-corrected chi connectivity index (χ2v) is 21.9. The van der Waals surface area contributed by atoms with E-state index in [1.54, 1.807) is 6.07 Å². The molecule has 236 valence electrons. The topological polar surface area (TPSA) is 31.4 Å². The van der Waals surface area contributed by atoms with E-state index in [9.17, 15) is 13.2 Å². The largest absolute Gasteiger partial charge is 0.416 e. The Morgan fingerprint density at radius 1 is 1.00 bits per heavy atom. The summed E-state index contributed by atoms with van der Waals surface area (Å²) in [6.07, 6.45) is 1.32. The summed E-state index contributed by atoms with van der Waals surface area (Å²) < 4.78 is 54.5. The third-order valence-electron chi connectivity index (χ3n) is 12.0. The maximum atomic E-state index is 13.8. The van der Waals surface area contributed by atoms with Crippen LogP contribution in [0.15, 0.2) is 18.2 Å². The fourth-order valence-corrected chi connectivity index (χ4v) is 12.6. The molecular formula is C36H50F3NO2Si. The van der Waals surface area contributed by atoms with E-state index in [0.29, 0.717) is 30.7 Å². The molecule has 1 aromatic carbocycles. The Balaban J connectivity index is 1.62. The van der Waals surface area contributed by atoms with Crippen LogP contribution in [0.2, 0.25) is 23.7 Å². The first-order valence-electron chi connectivity index (χ1n) is 16.4. The standard InChI is InChI=1S/C36H50F3NO2Si/c1-10-22-18-23(36(37,38)39)12-13-24(22)31-28-25(11-2)40-26-19-33(6,7)21-34(20-27(34)43(8,9)32(3,4)5)29(26)30(28)35(42-31)14-16-41-17-15-35/h12-13,18,27,31H,10-11,14-17,19-21H2,1-9H3/t27?,31-,34?/m1/s1. The molecule has 3 atom stereocenters. The van der Waals surface area contributed by atoms with Crippen molar-refractivity contribution in [1.82, 2.24) is 4.98 Å². The van der Waals surface area contributed by atoms with Gasteiger partial charge < -0.3 is 9.47 Å². The minimum absolute atomic E-state index is 0.0841. The van der Waals surface area contributed by atoms with Crippen LogP contribution in [0.5, 0.6) is 0 Å². The fourth-order valence-electron chi connectivity index (χ4n) is 9.07. The van der Waals surface area contributed by atoms with Crippen LogP contribution in [0.25, 0.3) is 0 Å². The summed E-state index contributed by atoms with van der Waals surface area (Å²) in [5.74, 6) is 0. The Kier molecular flexibility index (Phi) is 7.20. The smallest absolute Gasteiger partial charge is 0.381 e. The number of benzene rings is 1. The molecule has 2 spiro atoms. The lowest BCUT2D eigenvalue weighted by Gasteiger charge is -2.46. The SMILES string of the molecule is CCc1cc(C(F)(F)F)ccc1[C@H]1OC2(CCOCC2)c2c1c(CC)nc1c2C2(CC2[Si](C)(C)C(C)(C)C)CC(C)(C)C1. The highest BCUT2D eigenvalue weighted by molar-refractivity contribution is 6.82. The van der Waals surface area contributed by atoms with Gasteiger partial charge in [0.25, 0.3) is 0 Å². The molecule has 2 aliphatic carbocycles. The van der Waals surface area contributed by atoms with Crippen molar-refractivity contribution in [2.75, 3.05) is 13.2 Å². The van der Waals surface area contributed by atoms with E-state index in [2.05, 4.69) is 54.6 Å². The first-order valence-corrected chi connectivity index (χ1v) is 19.5. The minimum atomic E-state index is -4.38. The highest BCUT2D eigenvalue weighted by atomic mass is 28.3. The lowest BCUT2D eigenvalue weighted by Crippen LogP contribution is -2.44. The molecule has 0 bridgehead atoms. The Bertz CT molecular complexity index is 1430. The van der Waals surface area contributed by atoms with Gasteiger partial charge in [-0.15, -0.1) is 0 Å². The van der Waals surface area contributed by atoms with Gasteiger partial charge in [0.05, 0.1) is 19.2 Å². The van der Waals surface area contributed by atoms with E-state index in [0.717, 1.165) is 48.9 Å². The van der Waals surface area contributed by atoms with Gasteiger partial charge in [0.15, 0.2) is 0 Å². The number of hydrogen-bond acceptors (Lipinski definition) is 3. The van der Waals surface area contributed by atoms with Crippen molar-refractivity contribution in [2.45, 2.75) is 140 Å². The molecule has 1 saturated carbocycles. The predicted octanol–water partition coefficient (Wildman–Crippen LogP) is 9.84. The summed E-state index contributed by atoms with van der Waals surface area (Å²) in [6.45, 7) is 22.6. The average Bonchev–Trinajstić information content (AvgIpc) is 3.54. The molecule has 1 aromatic heterocycles. The van der Waals surface area contributed by atoms with Gasteiger partial charge in [-0.2, -0.15) is 13.2 Å². The number of pyridine rings is 1. The first-order chi connectivity index (χ1) is 19.9. The number of fused-ring (bicyclic) bond motifs is 5. The Morgan fingerprint density at radius 2 is 1.67 bits per heavy atom. The fraction of sp³-hybridized carbons (Fsp3) is 0.694. The van der Waals surface area contributed by atoms with E-state index in [-0.39, 0.29) is 15.9 Å². The Labute approximate surface area is 257 Å². The second kappa shape index (κ2) is 9.90. The monoisotopic (exact) mass is 613 g/mol. The van der Waals surface area contributed by atoms with Crippen LogP contribution in [0.1, 0.15) is 125 Å². The van der Waals surface area contributed by atoms with Gasteiger partial charge in [-0.05, 0) is 87.9 Å². The molecule has 2 fully saturated rings. The van der Waals surface area contributed by atoms with E-state index < -0.39 is 31.5 Å². The Morgan fingerprint density at radius 3 is 2.26 bits per heavy atom. The van der Waals surface area contributed by atoms with E-state index in [4.69, 9.17) is 14.5 Å². The molecule has 3 nitrogen and oxygen atoms in total. The quantitative estimate of drug-likeness (QED) is 0.322. The van der Waals surface area contributed by atoms with Crippen molar-refractivity contribution < 1.29 is 22.6 Å². The van der Waals surface area contributed by atoms with E-state index in [1.165, 1.54) is 35.4 Å². The van der Waals surface area contributed by atoms with Gasteiger partial charge in [0.1, 0.15) is 6.10 Å². The molecule has 6 rings (SSSR count). The van der Waals surface area contributed by atoms with Crippen LogP contribution in [0.3, 0.4) is 0 Å². The maximum Gasteiger partial charge on any atom is 0.416 e. The van der Waals surface area contributed by atoms with E-state index in [1.807, 2.05) is 6.92 Å². The maximum absolute atomic E-state index is 13.8. The van der Waals surface area contributed by atoms with Crippen LogP contribution in [-0.4, -0.2) is 26.3 Å². The number of aromatic nitrogens is 1. The third kappa shape index (κ3) is 4.77. The van der Waals surface area contributed by atoms with Crippen LogP contribution in [0.4, 0.5) is 13.2 Å². The molecule has 2 unspecified atom stereocenters. The molecule has 4 aliphatic rings. The normalized spacial score (nSPS) is 27.8. The third-order valence-corrected chi connectivity index (χ3v) is 18.4. The van der Waals surface area contributed by atoms with Crippen molar-refractivity contribution in [3.63, 3.8) is 0 Å². The molecule has 7 heteroatoms. The summed E-state index contributed by atoms with van der Waals surface area (Å²) >= 11 is 0. The van der Waals surface area contributed by atoms with Gasteiger partial charge in [-0.3, -0.25) is 4.98 Å². The molecule has 2 aliphatic heterocycles. The number of rotatable bonds is 4. The number of halogens is 3. The molecule has 0 N–H and O–H groups in total. The molecule has 3 heterocycles. The van der Waals surface area contributed by atoms with Crippen LogP contribution in [0, 0.1) is 5.41 Å². The average molecular weight is 614 g/mol. The molecule has 0 amide bonds. The predicted molar refractivity (Wildman–Crippen MR) is 168 cm³/mol. The summed E-state index contributed by atoms with van der Waals surface area (Å²) in [7, 11) is -1.70. The zero-order valence-corrected chi connectivity index (χ0v) is 28.6. The summed E-state index contributed by atoms with van der Waals surface area (Å²) in [6, 6.07) is 4.26. The molecule has 0 radical (unpaired) electrons. The lowest BCUT2D eigenvalue weighted by molar-refractivity contribution is -0.137. The highest BCUT2D eigenvalue weighted by Crippen LogP contribution is 2.75. The van der Waals surface area contributed by atoms with Crippen molar-refractivity contribution in [3.8, 4) is 0 Å². The number of nitrogens with zero attached hydrogens (tertiary/aromatic N) is 1. The van der Waals surface area contributed by atoms with Crippen molar-refractivity contribution >= 4 is 8.07 Å². The van der Waals surface area contributed by atoms with E-state index >= 15 is 0 Å². The van der Waals surface area contributed by atoms with Gasteiger partial charge in [0, 0.05) is 43.0 Å². The number of aryl methyl sites for hydroxylation is 2. The van der Waals surface area contributed by atoms with Crippen LogP contribution < -0.4 is 0 Å². The molecule has 43 heavy (non-hydrogen) atoms. The Hall–Kier alpha value is -1.70. The number of ether oxygens (including phenoxy) is 2. The first kappa shape index (κ1) is 31.3. The molecular weight excluding hydrogens is 563 g/mol. The van der Waals surface area contributed by atoms with Crippen molar-refractivity contribution in [1.29, 1.82) is 0 Å². The number of alkyl halides is 3. The van der Waals surface area contributed by atoms with Gasteiger partial charge in [0.2, 0.25) is 0 Å². The minimum Gasteiger partial charge on any atom is -0.381 e. The van der Waals surface area contributed by atoms with Crippen molar-refractivity contribution in [3.05, 3.63) is 63.0 Å². The number of hydrogen-bond donors (Lipinski definition) is 0. The second-order valence-electron chi connectivity index (χ2n) is 16.3. The van der Waals surface area contributed by atoms with Gasteiger partial charge in [-0.25, -0.2) is 0 Å². The highest BCUT2D eigenvalue weighted by Gasteiger charge is 2.69. The summed E-state index contributed by atoms with van der Waals surface area (Å²) in [5.41, 5.74) is 7.64. The van der Waals surface area contributed by atoms with Crippen LogP contribution >= 0.6 is 0 Å². The van der Waals surface area contributed by atoms with Crippen LogP contribution in [-0.2, 0) is 45.9 Å². The molecule has 2 aromatic rings. The van der Waals surface area contributed by atoms with Gasteiger partial charge in [-0.1, -0.05) is 67.6 Å². The summed E-state index contributed by atoms with van der Waals surface area (Å²) in [5, 5.41) is 0.272. The molecule has 1 saturated heterocycles. The zero-order chi connectivity index (χ0) is 31.4. The summed E-state index contributed by atoms with van der Waals surface area (Å²) in [4.78, 5) is 5.50. The zero-order valence-electron chi connectivity index (χ0n) is 27.6.